The molecule has 1 unspecified atom stereocenters. The van der Waals surface area contributed by atoms with Crippen LogP contribution in [0.25, 0.3) is 0 Å². The molecule has 0 spiro atoms. The van der Waals surface area contributed by atoms with Crippen LogP contribution in [0.15, 0.2) is 0 Å². The number of nitrogens with zero attached hydrogens (tertiary/aromatic N) is 1. The molecule has 0 radical (unpaired) electrons. The molecule has 0 aliphatic heterocycles. The highest BCUT2D eigenvalue weighted by atomic mass is 16.4. The molecule has 1 atom stereocenters. The van der Waals surface area contributed by atoms with Gasteiger partial charge in [-0.1, -0.05) is 214 Å². The topological polar surface area (TPSA) is 101 Å². The van der Waals surface area contributed by atoms with Gasteiger partial charge in [0.15, 0.2) is 0 Å². The van der Waals surface area contributed by atoms with Gasteiger partial charge in [-0.05, 0) is 38.5 Å². The maximum atomic E-state index is 14.5. The molecule has 51 heavy (non-hydrogen) atoms. The number of carbonyl (C=O) groups is 3. The van der Waals surface area contributed by atoms with E-state index in [4.69, 9.17) is 0 Å². The van der Waals surface area contributed by atoms with E-state index in [0.29, 0.717) is 6.42 Å². The lowest BCUT2D eigenvalue weighted by atomic mass is 9.78. The average molecular weight is 720 g/mol. The molecule has 0 aromatic rings. The van der Waals surface area contributed by atoms with Crippen molar-refractivity contribution in [1.29, 1.82) is 0 Å². The molecule has 0 heterocycles. The minimum Gasteiger partial charge on any atom is -0.550 e. The van der Waals surface area contributed by atoms with Crippen LogP contribution in [0, 0.1) is 0 Å². The fourth-order valence-electron chi connectivity index (χ4n) is 8.05. The summed E-state index contributed by atoms with van der Waals surface area (Å²) >= 11 is 0. The second kappa shape index (κ2) is 35.4. The Morgan fingerprint density at radius 3 is 1.02 bits per heavy atom. The van der Waals surface area contributed by atoms with E-state index in [-0.39, 0.29) is 18.7 Å². The number of aliphatic carboxylic acids is 2. The van der Waals surface area contributed by atoms with Crippen LogP contribution < -0.4 is 10.2 Å². The van der Waals surface area contributed by atoms with Crippen molar-refractivity contribution in [3.8, 4) is 0 Å². The first kappa shape index (κ1) is 49.4. The average Bonchev–Trinajstić information content (AvgIpc) is 3.11. The SMILES string of the molecule is CCCCCCCCCCCC(=O)N(C(CCC(=O)[O-])C(=O)[O-])C(CCCCCCCC)(CCCCCCCC)CCCCCCCCCCC. The van der Waals surface area contributed by atoms with Gasteiger partial charge in [-0.3, -0.25) is 4.79 Å². The van der Waals surface area contributed by atoms with Crippen molar-refractivity contribution in [3.63, 3.8) is 0 Å². The van der Waals surface area contributed by atoms with Crippen LogP contribution in [0.5, 0.6) is 0 Å². The molecule has 0 saturated heterocycles. The fourth-order valence-corrected chi connectivity index (χ4v) is 8.05. The maximum absolute atomic E-state index is 14.5. The highest BCUT2D eigenvalue weighted by molar-refractivity contribution is 5.84. The van der Waals surface area contributed by atoms with Crippen LogP contribution in [0.4, 0.5) is 0 Å². The molecule has 6 nitrogen and oxygen atoms in total. The normalized spacial score (nSPS) is 12.3. The largest absolute Gasteiger partial charge is 0.550 e. The van der Waals surface area contributed by atoms with E-state index in [1.165, 1.54) is 116 Å². The fraction of sp³-hybridized carbons (Fsp3) is 0.933. The van der Waals surface area contributed by atoms with Crippen LogP contribution in [0.1, 0.15) is 259 Å². The highest BCUT2D eigenvalue weighted by Gasteiger charge is 2.42. The summed E-state index contributed by atoms with van der Waals surface area (Å²) in [6, 6.07) is -1.24. The maximum Gasteiger partial charge on any atom is 0.223 e. The van der Waals surface area contributed by atoms with Crippen LogP contribution in [0.2, 0.25) is 0 Å². The van der Waals surface area contributed by atoms with Crippen LogP contribution >= 0.6 is 0 Å². The first-order valence-corrected chi connectivity index (χ1v) is 22.5. The van der Waals surface area contributed by atoms with Crippen molar-refractivity contribution < 1.29 is 24.6 Å². The second-order valence-corrected chi connectivity index (χ2v) is 15.9. The number of amides is 1. The lowest BCUT2D eigenvalue weighted by Crippen LogP contribution is -2.61. The molecule has 0 N–H and O–H groups in total. The van der Waals surface area contributed by atoms with Gasteiger partial charge in [-0.2, -0.15) is 0 Å². The molecule has 0 bridgehead atoms. The number of carboxylic acids is 2. The van der Waals surface area contributed by atoms with Crippen molar-refractivity contribution in [2.45, 2.75) is 270 Å². The summed E-state index contributed by atoms with van der Waals surface area (Å²) in [7, 11) is 0. The first-order chi connectivity index (χ1) is 24.8. The zero-order valence-electron chi connectivity index (χ0n) is 34.5. The Morgan fingerprint density at radius 2 is 0.725 bits per heavy atom. The summed E-state index contributed by atoms with van der Waals surface area (Å²) in [6.07, 6.45) is 36.9. The molecule has 6 heteroatoms. The zero-order chi connectivity index (χ0) is 37.8. The molecule has 0 aliphatic rings. The molecule has 0 saturated carbocycles. The summed E-state index contributed by atoms with van der Waals surface area (Å²) in [4.78, 5) is 40.8. The van der Waals surface area contributed by atoms with Crippen molar-refractivity contribution in [1.82, 2.24) is 4.90 Å². The summed E-state index contributed by atoms with van der Waals surface area (Å²) in [5.74, 6) is -2.71. The number of unbranched alkanes of at least 4 members (excludes halogenated alkanes) is 26. The van der Waals surface area contributed by atoms with Crippen molar-refractivity contribution in [2.75, 3.05) is 0 Å². The predicted molar refractivity (Wildman–Crippen MR) is 212 cm³/mol. The van der Waals surface area contributed by atoms with E-state index in [9.17, 15) is 24.6 Å². The van der Waals surface area contributed by atoms with Crippen molar-refractivity contribution in [2.24, 2.45) is 0 Å². The standard InChI is InChI=1S/C45H87NO5/c1-5-9-13-17-21-23-25-27-31-35-42(47)46(41(44(50)51)36-37-43(48)49)45(38-32-28-19-15-11-7-3,39-33-29-20-16-12-8-4)40-34-30-26-24-22-18-14-10-6-2/h41H,5-40H2,1-4H3,(H,48,49)(H,50,51)/p-2. The van der Waals surface area contributed by atoms with E-state index in [1.54, 1.807) is 4.90 Å². The number of hydrogen-bond donors (Lipinski definition) is 0. The number of rotatable bonds is 40. The van der Waals surface area contributed by atoms with Crippen LogP contribution in [-0.2, 0) is 14.4 Å². The molecule has 0 aromatic heterocycles. The summed E-state index contributed by atoms with van der Waals surface area (Å²) in [6.45, 7) is 8.92. The Balaban J connectivity index is 6.22. The quantitative estimate of drug-likeness (QED) is 0.0587. The van der Waals surface area contributed by atoms with Gasteiger partial charge in [-0.15, -0.1) is 0 Å². The van der Waals surface area contributed by atoms with E-state index in [0.717, 1.165) is 96.3 Å². The molecular formula is C45H85NO5-2. The zero-order valence-corrected chi connectivity index (χ0v) is 34.5. The minimum absolute atomic E-state index is 0.113. The number of carbonyl (C=O) groups excluding carboxylic acids is 3. The smallest absolute Gasteiger partial charge is 0.223 e. The van der Waals surface area contributed by atoms with E-state index >= 15 is 0 Å². The Bertz CT molecular complexity index is 798. The molecule has 1 amide bonds. The third kappa shape index (κ3) is 26.8. The van der Waals surface area contributed by atoms with Crippen LogP contribution in [-0.4, -0.2) is 34.3 Å². The summed E-state index contributed by atoms with van der Waals surface area (Å²) in [5, 5.41) is 24.6. The Labute approximate surface area is 317 Å². The monoisotopic (exact) mass is 720 g/mol. The lowest BCUT2D eigenvalue weighted by molar-refractivity contribution is -0.314. The Hall–Kier alpha value is -1.59. The molecule has 302 valence electrons. The van der Waals surface area contributed by atoms with Gasteiger partial charge in [0.1, 0.15) is 0 Å². The van der Waals surface area contributed by atoms with Gasteiger partial charge in [0.25, 0.3) is 0 Å². The molecule has 0 rings (SSSR count). The summed E-state index contributed by atoms with van der Waals surface area (Å²) < 4.78 is 0. The highest BCUT2D eigenvalue weighted by Crippen LogP contribution is 2.38. The summed E-state index contributed by atoms with van der Waals surface area (Å²) in [5.41, 5.74) is -0.594. The number of hydrogen-bond acceptors (Lipinski definition) is 5. The Morgan fingerprint density at radius 1 is 0.431 bits per heavy atom. The number of carboxylic acid groups (broad SMARTS) is 2. The predicted octanol–water partition coefficient (Wildman–Crippen LogP) is 11.5. The van der Waals surface area contributed by atoms with Crippen LogP contribution in [0.3, 0.4) is 0 Å². The van der Waals surface area contributed by atoms with Gasteiger partial charge in [0.2, 0.25) is 5.91 Å². The molecule has 0 aromatic carbocycles. The van der Waals surface area contributed by atoms with Gasteiger partial charge >= 0.3 is 0 Å². The van der Waals surface area contributed by atoms with E-state index in [2.05, 4.69) is 27.7 Å². The third-order valence-electron chi connectivity index (χ3n) is 11.2. The van der Waals surface area contributed by atoms with Gasteiger partial charge in [0, 0.05) is 17.9 Å². The van der Waals surface area contributed by atoms with Gasteiger partial charge in [0.05, 0.1) is 12.0 Å². The molecule has 0 fully saturated rings. The van der Waals surface area contributed by atoms with Gasteiger partial charge < -0.3 is 24.7 Å². The molecule has 0 aliphatic carbocycles. The Kier molecular flexibility index (Phi) is 34.3. The second-order valence-electron chi connectivity index (χ2n) is 15.9. The minimum atomic E-state index is -1.32. The van der Waals surface area contributed by atoms with E-state index < -0.39 is 23.5 Å². The van der Waals surface area contributed by atoms with E-state index in [1.807, 2.05) is 0 Å². The van der Waals surface area contributed by atoms with Crippen molar-refractivity contribution >= 4 is 17.8 Å². The lowest BCUT2D eigenvalue weighted by Gasteiger charge is -2.50. The first-order valence-electron chi connectivity index (χ1n) is 22.5. The van der Waals surface area contributed by atoms with Crippen molar-refractivity contribution in [3.05, 3.63) is 0 Å². The molecular weight excluding hydrogens is 634 g/mol. The third-order valence-corrected chi connectivity index (χ3v) is 11.2. The van der Waals surface area contributed by atoms with Gasteiger partial charge in [-0.25, -0.2) is 0 Å².